The summed E-state index contributed by atoms with van der Waals surface area (Å²) < 4.78 is 0. The molecule has 6 heavy (non-hydrogen) atoms. The minimum absolute atomic E-state index is 1.04. The highest BCUT2D eigenvalue weighted by molar-refractivity contribution is 4.06. The monoisotopic (exact) mass is 89.1 g/mol. The van der Waals surface area contributed by atoms with Gasteiger partial charge in [0.2, 0.25) is 0 Å². The molecule has 0 atom stereocenters. The maximum Gasteiger partial charge on any atom is 0.0839 e. The van der Waals surface area contributed by atoms with Crippen molar-refractivity contribution in [3.8, 4) is 0 Å². The largest absolute Gasteiger partial charge is 0.262 e. The van der Waals surface area contributed by atoms with Crippen LogP contribution in [0.3, 0.4) is 0 Å². The number of hydrogen-bond donors (Lipinski definition) is 2. The van der Waals surface area contributed by atoms with E-state index in [-0.39, 0.29) is 0 Å². The molecule has 0 aromatic heterocycles. The van der Waals surface area contributed by atoms with Gasteiger partial charge in [0.1, 0.15) is 0 Å². The topological polar surface area (TPSA) is 16.5 Å². The van der Waals surface area contributed by atoms with Crippen molar-refractivity contribution in [1.29, 1.82) is 0 Å². The van der Waals surface area contributed by atoms with Crippen LogP contribution >= 0.6 is 0 Å². The van der Waals surface area contributed by atoms with E-state index >= 15 is 0 Å². The van der Waals surface area contributed by atoms with E-state index < -0.39 is 0 Å². The van der Waals surface area contributed by atoms with E-state index in [0.717, 1.165) is 6.54 Å². The second kappa shape index (κ2) is 3.12. The van der Waals surface area contributed by atoms with Gasteiger partial charge in [-0.05, 0) is 6.92 Å². The van der Waals surface area contributed by atoms with E-state index in [4.69, 9.17) is 0 Å². The Morgan fingerprint density at radius 2 is 2.00 bits per heavy atom. The van der Waals surface area contributed by atoms with Crippen molar-refractivity contribution in [2.45, 2.75) is 6.92 Å². The Labute approximate surface area is 39.1 Å². The summed E-state index contributed by atoms with van der Waals surface area (Å²) >= 11 is 0. The molecule has 0 amide bonds. The molecule has 0 aliphatic heterocycles. The Kier molecular flexibility index (Phi) is 3.08. The first-order valence-electron chi connectivity index (χ1n) is 2.31. The maximum absolute atomic E-state index is 3.12. The molecule has 0 saturated heterocycles. The number of quaternary nitrogens is 1. The third-order valence-corrected chi connectivity index (χ3v) is 0.530. The molecule has 0 saturated carbocycles. The zero-order valence-corrected chi connectivity index (χ0v) is 4.71. The molecule has 0 aromatic rings. The molecular weight excluding hydrogens is 76.1 g/mol. The molecule has 0 aromatic carbocycles. The van der Waals surface area contributed by atoms with Gasteiger partial charge in [0.25, 0.3) is 0 Å². The summed E-state index contributed by atoms with van der Waals surface area (Å²) in [6, 6.07) is 0. The molecule has 0 aliphatic rings. The summed E-state index contributed by atoms with van der Waals surface area (Å²) in [7, 11) is 4.12. The van der Waals surface area contributed by atoms with Crippen molar-refractivity contribution in [2.75, 3.05) is 20.6 Å². The number of hydrogen-bond acceptors (Lipinski definition) is 1. The highest BCUT2D eigenvalue weighted by Gasteiger charge is 1.79. The molecule has 0 fully saturated rings. The Morgan fingerprint density at radius 3 is 2.00 bits per heavy atom. The Balaban J connectivity index is 2.63. The molecule has 38 valence electrons. The third kappa shape index (κ3) is 3.92. The average molecular weight is 89.2 g/mol. The minimum atomic E-state index is 1.04. The molecule has 0 spiro atoms. The fourth-order valence-corrected chi connectivity index (χ4v) is 0.354. The van der Waals surface area contributed by atoms with Crippen molar-refractivity contribution in [2.24, 2.45) is 0 Å². The highest BCUT2D eigenvalue weighted by atomic mass is 15.5. The first-order valence-corrected chi connectivity index (χ1v) is 2.31. The van der Waals surface area contributed by atoms with E-state index in [1.54, 1.807) is 0 Å². The van der Waals surface area contributed by atoms with Gasteiger partial charge in [-0.25, -0.2) is 0 Å². The average Bonchev–Trinajstić information content (AvgIpc) is 1.35. The van der Waals surface area contributed by atoms with Gasteiger partial charge in [0.05, 0.1) is 14.1 Å². The predicted molar refractivity (Wildman–Crippen MR) is 26.5 cm³/mol. The first-order chi connectivity index (χ1) is 2.77. The van der Waals surface area contributed by atoms with Crippen LogP contribution in [0.2, 0.25) is 0 Å². The normalized spacial score (nSPS) is 10.0. The number of nitrogens with one attached hydrogen (secondary N) is 2. The van der Waals surface area contributed by atoms with Gasteiger partial charge in [-0.1, -0.05) is 0 Å². The first kappa shape index (κ1) is 5.92. The minimum Gasteiger partial charge on any atom is -0.262 e. The summed E-state index contributed by atoms with van der Waals surface area (Å²) in [6.45, 7) is 3.13. The summed E-state index contributed by atoms with van der Waals surface area (Å²) in [5, 5.41) is 1.29. The lowest BCUT2D eigenvalue weighted by Gasteiger charge is -2.03. The van der Waals surface area contributed by atoms with Gasteiger partial charge >= 0.3 is 0 Å². The van der Waals surface area contributed by atoms with Crippen molar-refractivity contribution >= 4 is 0 Å². The standard InChI is InChI=1S/C4H12N2/c1-4-5-6(2)3/h5H,4H2,1-3H3/p+1. The SMILES string of the molecule is CCN[NH+](C)C. The molecule has 0 aliphatic carbocycles. The van der Waals surface area contributed by atoms with Gasteiger partial charge in [0, 0.05) is 6.54 Å². The molecule has 0 heterocycles. The van der Waals surface area contributed by atoms with Gasteiger partial charge in [0.15, 0.2) is 0 Å². The molecule has 0 radical (unpaired) electrons. The lowest BCUT2D eigenvalue weighted by atomic mass is 10.8. The molecule has 2 heteroatoms. The van der Waals surface area contributed by atoms with Crippen molar-refractivity contribution in [3.63, 3.8) is 0 Å². The van der Waals surface area contributed by atoms with Gasteiger partial charge < -0.3 is 0 Å². The molecule has 0 bridgehead atoms. The van der Waals surface area contributed by atoms with Crippen LogP contribution in [-0.4, -0.2) is 20.6 Å². The van der Waals surface area contributed by atoms with E-state index in [0.29, 0.717) is 0 Å². The maximum atomic E-state index is 3.12. The summed E-state index contributed by atoms with van der Waals surface area (Å²) in [5.74, 6) is 0. The van der Waals surface area contributed by atoms with E-state index in [1.165, 1.54) is 5.01 Å². The quantitative estimate of drug-likeness (QED) is 0.400. The van der Waals surface area contributed by atoms with Gasteiger partial charge in [-0.2, -0.15) is 5.43 Å². The molecular formula is C4H13N2+. The smallest absolute Gasteiger partial charge is 0.0839 e. The van der Waals surface area contributed by atoms with Gasteiger partial charge in [-0.3, -0.25) is 5.01 Å². The second-order valence-electron chi connectivity index (χ2n) is 1.53. The Morgan fingerprint density at radius 1 is 1.50 bits per heavy atom. The van der Waals surface area contributed by atoms with Crippen LogP contribution in [0.25, 0.3) is 0 Å². The molecule has 2 N–H and O–H groups in total. The zero-order valence-electron chi connectivity index (χ0n) is 4.71. The van der Waals surface area contributed by atoms with E-state index in [9.17, 15) is 0 Å². The van der Waals surface area contributed by atoms with Crippen molar-refractivity contribution in [3.05, 3.63) is 0 Å². The van der Waals surface area contributed by atoms with Crippen LogP contribution in [-0.2, 0) is 0 Å². The molecule has 2 nitrogen and oxygen atoms in total. The summed E-state index contributed by atoms with van der Waals surface area (Å²) in [5.41, 5.74) is 3.12. The van der Waals surface area contributed by atoms with Crippen LogP contribution in [0, 0.1) is 0 Å². The fraction of sp³-hybridized carbons (Fsp3) is 1.00. The summed E-state index contributed by atoms with van der Waals surface area (Å²) in [6.07, 6.45) is 0. The Hall–Kier alpha value is -0.0800. The van der Waals surface area contributed by atoms with Crippen LogP contribution < -0.4 is 10.4 Å². The number of rotatable bonds is 2. The van der Waals surface area contributed by atoms with Crippen LogP contribution in [0.4, 0.5) is 0 Å². The van der Waals surface area contributed by atoms with E-state index in [1.807, 2.05) is 0 Å². The molecule has 0 rings (SSSR count). The van der Waals surface area contributed by atoms with Gasteiger partial charge in [-0.15, -0.1) is 0 Å². The van der Waals surface area contributed by atoms with Crippen LogP contribution in [0.5, 0.6) is 0 Å². The van der Waals surface area contributed by atoms with Crippen LogP contribution in [0.1, 0.15) is 6.92 Å². The lowest BCUT2D eigenvalue weighted by molar-refractivity contribution is -0.906. The van der Waals surface area contributed by atoms with Crippen molar-refractivity contribution in [1.82, 2.24) is 5.43 Å². The van der Waals surface area contributed by atoms with Crippen molar-refractivity contribution < 1.29 is 5.01 Å². The highest BCUT2D eigenvalue weighted by Crippen LogP contribution is 1.32. The second-order valence-corrected chi connectivity index (χ2v) is 1.53. The fourth-order valence-electron chi connectivity index (χ4n) is 0.354. The van der Waals surface area contributed by atoms with Crippen LogP contribution in [0.15, 0.2) is 0 Å². The predicted octanol–water partition coefficient (Wildman–Crippen LogP) is -1.34. The Bertz CT molecular complexity index is 26.7. The third-order valence-electron chi connectivity index (χ3n) is 0.530. The summed E-state index contributed by atoms with van der Waals surface area (Å²) in [4.78, 5) is 0. The zero-order chi connectivity index (χ0) is 4.99. The van der Waals surface area contributed by atoms with E-state index in [2.05, 4.69) is 26.4 Å². The molecule has 0 unspecified atom stereocenters. The lowest BCUT2D eigenvalue weighted by Crippen LogP contribution is -3.13.